The summed E-state index contributed by atoms with van der Waals surface area (Å²) < 4.78 is 47.3. The number of rotatable bonds is 8. The lowest BCUT2D eigenvalue weighted by Gasteiger charge is -2.23. The molecule has 1 atom stereocenters. The second-order valence-corrected chi connectivity index (χ2v) is 8.15. The first-order chi connectivity index (χ1) is 14.8. The number of halogens is 3. The number of benzene rings is 2. The second kappa shape index (κ2) is 9.74. The first kappa shape index (κ1) is 23.1. The molecule has 0 aliphatic heterocycles. The van der Waals surface area contributed by atoms with Crippen molar-refractivity contribution in [1.29, 1.82) is 0 Å². The Morgan fingerprint density at radius 1 is 1.06 bits per heavy atom. The van der Waals surface area contributed by atoms with Crippen molar-refractivity contribution in [3.8, 4) is 11.4 Å². The number of alkyl halides is 3. The highest BCUT2D eigenvalue weighted by Crippen LogP contribution is 2.36. The zero-order chi connectivity index (χ0) is 22.6. The van der Waals surface area contributed by atoms with Gasteiger partial charge in [-0.15, -0.1) is 10.2 Å². The van der Waals surface area contributed by atoms with Gasteiger partial charge < -0.3 is 4.74 Å². The fraction of sp³-hybridized carbons (Fsp3) is 0.364. The van der Waals surface area contributed by atoms with Crippen molar-refractivity contribution in [2.24, 2.45) is 0 Å². The highest BCUT2D eigenvalue weighted by atomic mass is 32.2. The minimum atomic E-state index is -4.40. The number of hydrogen-bond donors (Lipinski definition) is 0. The van der Waals surface area contributed by atoms with Gasteiger partial charge in [0, 0.05) is 11.4 Å². The molecule has 0 spiro atoms. The van der Waals surface area contributed by atoms with E-state index in [2.05, 4.69) is 22.0 Å². The molecule has 0 radical (unpaired) electrons. The van der Waals surface area contributed by atoms with Crippen LogP contribution in [-0.2, 0) is 11.9 Å². The van der Waals surface area contributed by atoms with Crippen LogP contribution in [0.2, 0.25) is 0 Å². The Balaban J connectivity index is 2.00. The summed E-state index contributed by atoms with van der Waals surface area (Å²) in [5, 5.41) is 9.28. The normalized spacial score (nSPS) is 12.9. The Bertz CT molecular complexity index is 1000. The van der Waals surface area contributed by atoms with E-state index in [4.69, 9.17) is 4.74 Å². The van der Waals surface area contributed by atoms with Gasteiger partial charge in [-0.3, -0.25) is 9.47 Å². The van der Waals surface area contributed by atoms with Crippen LogP contribution in [0.25, 0.3) is 5.69 Å². The molecule has 166 valence electrons. The molecule has 1 heterocycles. The van der Waals surface area contributed by atoms with Crippen LogP contribution in [0.1, 0.15) is 36.3 Å². The van der Waals surface area contributed by atoms with Gasteiger partial charge in [0.1, 0.15) is 5.75 Å². The SMILES string of the molecule is CCC(c1nnc(SCc2ccccc2C(F)(F)F)n1-c1ccc(OC)cc1)N(C)C. The fourth-order valence-electron chi connectivity index (χ4n) is 3.41. The smallest absolute Gasteiger partial charge is 0.416 e. The molecule has 1 aromatic heterocycles. The van der Waals surface area contributed by atoms with Crippen molar-refractivity contribution >= 4 is 11.8 Å². The van der Waals surface area contributed by atoms with E-state index in [9.17, 15) is 13.2 Å². The lowest BCUT2D eigenvalue weighted by atomic mass is 10.1. The van der Waals surface area contributed by atoms with Crippen LogP contribution < -0.4 is 4.74 Å². The monoisotopic (exact) mass is 450 g/mol. The maximum absolute atomic E-state index is 13.4. The van der Waals surface area contributed by atoms with Crippen LogP contribution in [0.15, 0.2) is 53.7 Å². The predicted octanol–water partition coefficient (Wildman–Crippen LogP) is 5.60. The summed E-state index contributed by atoms with van der Waals surface area (Å²) in [6.07, 6.45) is -3.59. The third-order valence-corrected chi connectivity index (χ3v) is 5.95. The summed E-state index contributed by atoms with van der Waals surface area (Å²) in [4.78, 5) is 2.05. The van der Waals surface area contributed by atoms with Gasteiger partial charge in [0.2, 0.25) is 0 Å². The Kier molecular flexibility index (Phi) is 7.27. The quantitative estimate of drug-likeness (QED) is 0.418. The van der Waals surface area contributed by atoms with E-state index in [-0.39, 0.29) is 17.4 Å². The topological polar surface area (TPSA) is 43.2 Å². The molecule has 5 nitrogen and oxygen atoms in total. The van der Waals surface area contributed by atoms with Crippen LogP contribution in [0.3, 0.4) is 0 Å². The van der Waals surface area contributed by atoms with Crippen LogP contribution >= 0.6 is 11.8 Å². The highest BCUT2D eigenvalue weighted by Gasteiger charge is 2.33. The van der Waals surface area contributed by atoms with Crippen LogP contribution in [0, 0.1) is 0 Å². The molecular formula is C22H25F3N4OS. The Morgan fingerprint density at radius 2 is 1.74 bits per heavy atom. The summed E-state index contributed by atoms with van der Waals surface area (Å²) in [5.74, 6) is 1.58. The molecule has 31 heavy (non-hydrogen) atoms. The van der Waals surface area contributed by atoms with Gasteiger partial charge in [-0.05, 0) is 56.4 Å². The molecule has 0 saturated heterocycles. The minimum absolute atomic E-state index is 0.00594. The summed E-state index contributed by atoms with van der Waals surface area (Å²) in [5.41, 5.74) is 0.413. The van der Waals surface area contributed by atoms with Gasteiger partial charge in [0.05, 0.1) is 18.7 Å². The van der Waals surface area contributed by atoms with Gasteiger partial charge >= 0.3 is 6.18 Å². The van der Waals surface area contributed by atoms with E-state index in [1.54, 1.807) is 13.2 Å². The second-order valence-electron chi connectivity index (χ2n) is 7.21. The molecule has 0 saturated carbocycles. The number of hydrogen-bond acceptors (Lipinski definition) is 5. The molecular weight excluding hydrogens is 425 g/mol. The first-order valence-corrected chi connectivity index (χ1v) is 10.8. The average molecular weight is 451 g/mol. The summed E-state index contributed by atoms with van der Waals surface area (Å²) >= 11 is 1.24. The largest absolute Gasteiger partial charge is 0.497 e. The minimum Gasteiger partial charge on any atom is -0.497 e. The zero-order valence-corrected chi connectivity index (χ0v) is 18.7. The molecule has 9 heteroatoms. The average Bonchev–Trinajstić information content (AvgIpc) is 3.15. The number of thioether (sulfide) groups is 1. The lowest BCUT2D eigenvalue weighted by molar-refractivity contribution is -0.138. The Hall–Kier alpha value is -2.52. The third-order valence-electron chi connectivity index (χ3n) is 4.98. The van der Waals surface area contributed by atoms with Crippen molar-refractivity contribution in [3.63, 3.8) is 0 Å². The summed E-state index contributed by atoms with van der Waals surface area (Å²) in [6, 6.07) is 13.1. The predicted molar refractivity (Wildman–Crippen MR) is 116 cm³/mol. The van der Waals surface area contributed by atoms with E-state index in [0.717, 1.165) is 24.0 Å². The van der Waals surface area contributed by atoms with Crippen LogP contribution in [0.4, 0.5) is 13.2 Å². The number of aromatic nitrogens is 3. The van der Waals surface area contributed by atoms with Gasteiger partial charge in [0.15, 0.2) is 11.0 Å². The number of ether oxygens (including phenoxy) is 1. The van der Waals surface area contributed by atoms with E-state index >= 15 is 0 Å². The van der Waals surface area contributed by atoms with E-state index < -0.39 is 11.7 Å². The molecule has 0 amide bonds. The zero-order valence-electron chi connectivity index (χ0n) is 17.8. The van der Waals surface area contributed by atoms with E-state index in [1.807, 2.05) is 42.9 Å². The van der Waals surface area contributed by atoms with E-state index in [1.165, 1.54) is 23.9 Å². The van der Waals surface area contributed by atoms with Crippen molar-refractivity contribution in [2.45, 2.75) is 36.5 Å². The molecule has 0 bridgehead atoms. The molecule has 1 unspecified atom stereocenters. The first-order valence-electron chi connectivity index (χ1n) is 9.80. The van der Waals surface area contributed by atoms with Crippen molar-refractivity contribution in [1.82, 2.24) is 19.7 Å². The van der Waals surface area contributed by atoms with Crippen LogP contribution in [-0.4, -0.2) is 40.9 Å². The molecule has 0 aliphatic carbocycles. The third kappa shape index (κ3) is 5.22. The summed E-state index contributed by atoms with van der Waals surface area (Å²) in [6.45, 7) is 2.06. The maximum atomic E-state index is 13.4. The molecule has 3 aromatic rings. The fourth-order valence-corrected chi connectivity index (χ4v) is 4.37. The van der Waals surface area contributed by atoms with Gasteiger partial charge in [-0.1, -0.05) is 36.9 Å². The molecule has 0 aliphatic rings. The van der Waals surface area contributed by atoms with Crippen LogP contribution in [0.5, 0.6) is 5.75 Å². The van der Waals surface area contributed by atoms with Crippen molar-refractivity contribution in [3.05, 3.63) is 65.5 Å². The Morgan fingerprint density at radius 3 is 2.32 bits per heavy atom. The standard InChI is InChI=1S/C22H25F3N4OS/c1-5-19(28(2)3)20-26-27-21(29(20)16-10-12-17(30-4)13-11-16)31-14-15-8-6-7-9-18(15)22(23,24)25/h6-13,19H,5,14H2,1-4H3. The maximum Gasteiger partial charge on any atom is 0.416 e. The van der Waals surface area contributed by atoms with Crippen molar-refractivity contribution in [2.75, 3.05) is 21.2 Å². The summed E-state index contributed by atoms with van der Waals surface area (Å²) in [7, 11) is 5.53. The van der Waals surface area contributed by atoms with Gasteiger partial charge in [0.25, 0.3) is 0 Å². The molecule has 0 N–H and O–H groups in total. The number of methoxy groups -OCH3 is 1. The van der Waals surface area contributed by atoms with Gasteiger partial charge in [-0.2, -0.15) is 13.2 Å². The molecule has 3 rings (SSSR count). The molecule has 2 aromatic carbocycles. The Labute approximate surface area is 184 Å². The van der Waals surface area contributed by atoms with E-state index in [0.29, 0.717) is 10.9 Å². The highest BCUT2D eigenvalue weighted by molar-refractivity contribution is 7.98. The number of nitrogens with zero attached hydrogens (tertiary/aromatic N) is 4. The molecule has 0 fully saturated rings. The van der Waals surface area contributed by atoms with Crippen molar-refractivity contribution < 1.29 is 17.9 Å². The lowest BCUT2D eigenvalue weighted by Crippen LogP contribution is -2.22. The van der Waals surface area contributed by atoms with Gasteiger partial charge in [-0.25, -0.2) is 0 Å².